The lowest BCUT2D eigenvalue weighted by Gasteiger charge is -2.35. The molecule has 2 heterocycles. The molecule has 0 N–H and O–H groups in total. The highest BCUT2D eigenvalue weighted by molar-refractivity contribution is 6.42. The maximum Gasteiger partial charge on any atom is 0.260 e. The number of carbonyl (C=O) groups excluding carboxylic acids is 2. The SMILES string of the molecule is O=C(COc1ccccc1)N1CCC(C(=O)N2CCCC2c2ccc(Cl)c(Cl)c2)CC1. The first-order valence-corrected chi connectivity index (χ1v) is 11.5. The normalized spacial score (nSPS) is 19.5. The van der Waals surface area contributed by atoms with Crippen LogP contribution >= 0.6 is 23.2 Å². The predicted molar refractivity (Wildman–Crippen MR) is 121 cm³/mol. The smallest absolute Gasteiger partial charge is 0.260 e. The van der Waals surface area contributed by atoms with Crippen LogP contribution in [0.15, 0.2) is 48.5 Å². The minimum absolute atomic E-state index is 0.0220. The van der Waals surface area contributed by atoms with Gasteiger partial charge in [-0.25, -0.2) is 0 Å². The molecule has 5 nitrogen and oxygen atoms in total. The van der Waals surface area contributed by atoms with E-state index in [2.05, 4.69) is 0 Å². The fraction of sp³-hybridized carbons (Fsp3) is 0.417. The Kier molecular flexibility index (Phi) is 7.03. The van der Waals surface area contributed by atoms with E-state index < -0.39 is 0 Å². The lowest BCUT2D eigenvalue weighted by Crippen LogP contribution is -2.45. The number of piperidine rings is 1. The minimum atomic E-state index is -0.0533. The number of likely N-dealkylation sites (tertiary alicyclic amines) is 2. The number of carbonyl (C=O) groups is 2. The Morgan fingerprint density at radius 3 is 2.39 bits per heavy atom. The van der Waals surface area contributed by atoms with E-state index in [0.29, 0.717) is 41.7 Å². The molecule has 2 aliphatic heterocycles. The summed E-state index contributed by atoms with van der Waals surface area (Å²) in [4.78, 5) is 29.5. The second-order valence-corrected chi connectivity index (χ2v) is 8.93. The van der Waals surface area contributed by atoms with E-state index >= 15 is 0 Å². The maximum atomic E-state index is 13.3. The summed E-state index contributed by atoms with van der Waals surface area (Å²) < 4.78 is 5.57. The average molecular weight is 461 g/mol. The zero-order valence-electron chi connectivity index (χ0n) is 17.3. The molecule has 2 aromatic carbocycles. The largest absolute Gasteiger partial charge is 0.484 e. The third-order valence-corrected chi connectivity index (χ3v) is 6.91. The van der Waals surface area contributed by atoms with Crippen LogP contribution in [0.3, 0.4) is 0 Å². The van der Waals surface area contributed by atoms with Gasteiger partial charge in [0.1, 0.15) is 5.75 Å². The minimum Gasteiger partial charge on any atom is -0.484 e. The molecule has 1 unspecified atom stereocenters. The highest BCUT2D eigenvalue weighted by Gasteiger charge is 2.36. The van der Waals surface area contributed by atoms with Crippen LogP contribution < -0.4 is 4.74 Å². The summed E-state index contributed by atoms with van der Waals surface area (Å²) in [5.74, 6) is 0.775. The molecule has 2 aliphatic rings. The third-order valence-electron chi connectivity index (χ3n) is 6.17. The van der Waals surface area contributed by atoms with Gasteiger partial charge in [-0.2, -0.15) is 0 Å². The molecule has 2 fully saturated rings. The molecule has 2 amide bonds. The van der Waals surface area contributed by atoms with Gasteiger partial charge in [0, 0.05) is 25.6 Å². The van der Waals surface area contributed by atoms with Crippen molar-refractivity contribution in [3.05, 3.63) is 64.1 Å². The van der Waals surface area contributed by atoms with Crippen LogP contribution in [0.2, 0.25) is 10.0 Å². The van der Waals surface area contributed by atoms with E-state index in [1.54, 1.807) is 11.0 Å². The summed E-state index contributed by atoms with van der Waals surface area (Å²) in [7, 11) is 0. The molecular weight excluding hydrogens is 435 g/mol. The van der Waals surface area contributed by atoms with Crippen LogP contribution in [0.4, 0.5) is 0 Å². The molecule has 0 bridgehead atoms. The summed E-state index contributed by atoms with van der Waals surface area (Å²) >= 11 is 12.2. The maximum absolute atomic E-state index is 13.3. The number of amides is 2. The molecule has 0 radical (unpaired) electrons. The average Bonchev–Trinajstić information content (AvgIpc) is 3.29. The van der Waals surface area contributed by atoms with E-state index in [4.69, 9.17) is 27.9 Å². The Hall–Kier alpha value is -2.24. The first-order chi connectivity index (χ1) is 15.0. The van der Waals surface area contributed by atoms with Gasteiger partial charge in [-0.05, 0) is 55.5 Å². The van der Waals surface area contributed by atoms with E-state index in [0.717, 1.165) is 24.9 Å². The van der Waals surface area contributed by atoms with E-state index in [1.807, 2.05) is 47.4 Å². The Morgan fingerprint density at radius 1 is 0.935 bits per heavy atom. The summed E-state index contributed by atoms with van der Waals surface area (Å²) in [5.41, 5.74) is 1.03. The number of rotatable bonds is 5. The fourth-order valence-electron chi connectivity index (χ4n) is 4.46. The van der Waals surface area contributed by atoms with Gasteiger partial charge in [-0.1, -0.05) is 47.5 Å². The van der Waals surface area contributed by atoms with E-state index in [-0.39, 0.29) is 30.4 Å². The van der Waals surface area contributed by atoms with Crippen LogP contribution in [0.5, 0.6) is 5.75 Å². The van der Waals surface area contributed by atoms with Crippen molar-refractivity contribution < 1.29 is 14.3 Å². The van der Waals surface area contributed by atoms with Crippen molar-refractivity contribution in [3.63, 3.8) is 0 Å². The fourth-order valence-corrected chi connectivity index (χ4v) is 4.77. The van der Waals surface area contributed by atoms with Crippen LogP contribution in [0.25, 0.3) is 0 Å². The van der Waals surface area contributed by atoms with Crippen LogP contribution in [-0.4, -0.2) is 47.9 Å². The van der Waals surface area contributed by atoms with E-state index in [1.165, 1.54) is 0 Å². The topological polar surface area (TPSA) is 49.9 Å². The van der Waals surface area contributed by atoms with Crippen molar-refractivity contribution in [1.29, 1.82) is 0 Å². The van der Waals surface area contributed by atoms with Crippen LogP contribution in [0, 0.1) is 5.92 Å². The van der Waals surface area contributed by atoms with Gasteiger partial charge in [0.2, 0.25) is 5.91 Å². The third kappa shape index (κ3) is 5.16. The van der Waals surface area contributed by atoms with Crippen molar-refractivity contribution >= 4 is 35.0 Å². The highest BCUT2D eigenvalue weighted by Crippen LogP contribution is 2.37. The van der Waals surface area contributed by atoms with Gasteiger partial charge in [-0.15, -0.1) is 0 Å². The Balaban J connectivity index is 1.31. The van der Waals surface area contributed by atoms with Crippen molar-refractivity contribution in [2.24, 2.45) is 5.92 Å². The van der Waals surface area contributed by atoms with Crippen LogP contribution in [-0.2, 0) is 9.59 Å². The number of nitrogens with zero attached hydrogens (tertiary/aromatic N) is 2. The van der Waals surface area contributed by atoms with E-state index in [9.17, 15) is 9.59 Å². The van der Waals surface area contributed by atoms with Gasteiger partial charge in [0.15, 0.2) is 6.61 Å². The summed E-state index contributed by atoms with van der Waals surface area (Å²) in [6.45, 7) is 1.94. The Labute approximate surface area is 192 Å². The lowest BCUT2D eigenvalue weighted by molar-refractivity contribution is -0.142. The highest BCUT2D eigenvalue weighted by atomic mass is 35.5. The second-order valence-electron chi connectivity index (χ2n) is 8.12. The number of hydrogen-bond acceptors (Lipinski definition) is 3. The molecule has 4 rings (SSSR count). The van der Waals surface area contributed by atoms with Gasteiger partial charge < -0.3 is 14.5 Å². The lowest BCUT2D eigenvalue weighted by atomic mass is 9.94. The molecule has 7 heteroatoms. The number of hydrogen-bond donors (Lipinski definition) is 0. The Bertz CT molecular complexity index is 930. The first kappa shape index (κ1) is 22.0. The number of para-hydroxylation sites is 1. The monoisotopic (exact) mass is 460 g/mol. The van der Waals surface area contributed by atoms with Gasteiger partial charge in [-0.3, -0.25) is 9.59 Å². The number of benzene rings is 2. The number of halogens is 2. The molecule has 0 aromatic heterocycles. The molecule has 164 valence electrons. The standard InChI is InChI=1S/C24H26Cl2N2O3/c25-20-9-8-18(15-21(20)26)22-7-4-12-28(22)24(30)17-10-13-27(14-11-17)23(29)16-31-19-5-2-1-3-6-19/h1-3,5-6,8-9,15,17,22H,4,7,10-14,16H2. The Morgan fingerprint density at radius 2 is 1.68 bits per heavy atom. The zero-order chi connectivity index (χ0) is 21.8. The predicted octanol–water partition coefficient (Wildman–Crippen LogP) is 4.97. The first-order valence-electron chi connectivity index (χ1n) is 10.7. The molecule has 1 atom stereocenters. The quantitative estimate of drug-likeness (QED) is 0.632. The van der Waals surface area contributed by atoms with Gasteiger partial charge >= 0.3 is 0 Å². The molecule has 0 aliphatic carbocycles. The second kappa shape index (κ2) is 9.92. The summed E-state index contributed by atoms with van der Waals surface area (Å²) in [5, 5.41) is 1.04. The van der Waals surface area contributed by atoms with Crippen molar-refractivity contribution in [3.8, 4) is 5.75 Å². The van der Waals surface area contributed by atoms with Crippen LogP contribution in [0.1, 0.15) is 37.3 Å². The summed E-state index contributed by atoms with van der Waals surface area (Å²) in [6.07, 6.45) is 3.27. The zero-order valence-corrected chi connectivity index (χ0v) is 18.8. The molecule has 0 spiro atoms. The molecule has 0 saturated carbocycles. The molecule has 2 aromatic rings. The summed E-state index contributed by atoms with van der Waals surface area (Å²) in [6, 6.07) is 15.0. The molecule has 2 saturated heterocycles. The van der Waals surface area contributed by atoms with Gasteiger partial charge in [0.25, 0.3) is 5.91 Å². The van der Waals surface area contributed by atoms with Crippen molar-refractivity contribution in [2.75, 3.05) is 26.2 Å². The number of ether oxygens (including phenoxy) is 1. The molecular formula is C24H26Cl2N2O3. The molecule has 31 heavy (non-hydrogen) atoms. The van der Waals surface area contributed by atoms with Crippen molar-refractivity contribution in [2.45, 2.75) is 31.7 Å². The van der Waals surface area contributed by atoms with Crippen molar-refractivity contribution in [1.82, 2.24) is 9.80 Å². The van der Waals surface area contributed by atoms with Gasteiger partial charge in [0.05, 0.1) is 16.1 Å².